The van der Waals surface area contributed by atoms with Crippen LogP contribution in [0, 0.1) is 0 Å². The van der Waals surface area contributed by atoms with E-state index in [1.54, 1.807) is 12.4 Å². The zero-order valence-electron chi connectivity index (χ0n) is 29.7. The van der Waals surface area contributed by atoms with Crippen LogP contribution in [0.15, 0.2) is 91.3 Å². The smallest absolute Gasteiger partial charge is 0.392 e. The predicted molar refractivity (Wildman–Crippen MR) is 194 cm³/mol. The van der Waals surface area contributed by atoms with Crippen LogP contribution in [-0.2, 0) is 32.2 Å². The van der Waals surface area contributed by atoms with E-state index in [-0.39, 0.29) is 38.3 Å². The van der Waals surface area contributed by atoms with Gasteiger partial charge in [-0.2, -0.15) is 13.2 Å². The van der Waals surface area contributed by atoms with Gasteiger partial charge in [0.1, 0.15) is 6.04 Å². The predicted octanol–water partition coefficient (Wildman–Crippen LogP) is 5.17. The van der Waals surface area contributed by atoms with Crippen LogP contribution in [0.25, 0.3) is 11.1 Å². The maximum atomic E-state index is 13.0. The van der Waals surface area contributed by atoms with Crippen molar-refractivity contribution in [3.63, 3.8) is 0 Å². The molecular weight excluding hydrogens is 701 g/mol. The van der Waals surface area contributed by atoms with E-state index >= 15 is 0 Å². The minimum Gasteiger partial charge on any atom is -0.392 e. The summed E-state index contributed by atoms with van der Waals surface area (Å²) in [5.74, 6) is -1.84. The molecule has 4 aromatic rings. The van der Waals surface area contributed by atoms with Crippen molar-refractivity contribution in [3.05, 3.63) is 114 Å². The molecule has 0 bridgehead atoms. The highest BCUT2D eigenvalue weighted by Crippen LogP contribution is 2.39. The van der Waals surface area contributed by atoms with Crippen LogP contribution in [0.5, 0.6) is 0 Å². The van der Waals surface area contributed by atoms with Gasteiger partial charge in [0.15, 0.2) is 6.29 Å². The first-order valence-corrected chi connectivity index (χ1v) is 18.2. The number of carbonyl (C=O) groups excluding carboxylic acids is 2. The number of ether oxygens (including phenoxy) is 2. The van der Waals surface area contributed by atoms with E-state index in [1.165, 1.54) is 0 Å². The Labute approximate surface area is 311 Å². The van der Waals surface area contributed by atoms with Crippen molar-refractivity contribution in [1.29, 1.82) is 0 Å². The van der Waals surface area contributed by atoms with Gasteiger partial charge in [0.05, 0.1) is 18.8 Å². The summed E-state index contributed by atoms with van der Waals surface area (Å²) in [5.41, 5.74) is 5.31. The lowest BCUT2D eigenvalue weighted by molar-refractivity contribution is -0.253. The summed E-state index contributed by atoms with van der Waals surface area (Å²) in [5, 5.41) is 12.3. The van der Waals surface area contributed by atoms with Crippen molar-refractivity contribution < 1.29 is 37.3 Å². The van der Waals surface area contributed by atoms with Crippen LogP contribution < -0.4 is 10.2 Å². The molecule has 0 radical (unpaired) electrons. The molecule has 0 spiro atoms. The van der Waals surface area contributed by atoms with Crippen molar-refractivity contribution in [2.75, 3.05) is 44.2 Å². The lowest BCUT2D eigenvalue weighted by Crippen LogP contribution is -2.50. The van der Waals surface area contributed by atoms with E-state index in [1.807, 2.05) is 78.9 Å². The second-order valence-electron chi connectivity index (χ2n) is 13.9. The zero-order valence-corrected chi connectivity index (χ0v) is 29.7. The van der Waals surface area contributed by atoms with Gasteiger partial charge in [0.25, 0.3) is 0 Å². The molecule has 0 saturated carbocycles. The van der Waals surface area contributed by atoms with Gasteiger partial charge in [-0.1, -0.05) is 66.7 Å². The van der Waals surface area contributed by atoms with Gasteiger partial charge in [-0.3, -0.25) is 14.5 Å². The fraction of sp³-hybridized carbons (Fsp3) is 0.400. The normalized spacial score (nSPS) is 22.3. The Hall–Kier alpha value is -4.89. The summed E-state index contributed by atoms with van der Waals surface area (Å²) in [4.78, 5) is 38.7. The number of nitrogens with one attached hydrogen (secondary N) is 1. The molecule has 3 aliphatic rings. The van der Waals surface area contributed by atoms with E-state index in [4.69, 9.17) is 9.47 Å². The minimum absolute atomic E-state index is 0.0310. The number of piperazine rings is 1. The number of likely N-dealkylation sites (tertiary alicyclic amines) is 1. The van der Waals surface area contributed by atoms with Crippen molar-refractivity contribution in [3.8, 4) is 11.1 Å². The molecule has 2 N–H and O–H groups in total. The Kier molecular flexibility index (Phi) is 11.5. The quantitative estimate of drug-likeness (QED) is 0.227. The van der Waals surface area contributed by atoms with Crippen molar-refractivity contribution >= 4 is 17.8 Å². The van der Waals surface area contributed by atoms with E-state index in [9.17, 15) is 27.9 Å². The number of hydrogen-bond donors (Lipinski definition) is 2. The van der Waals surface area contributed by atoms with Gasteiger partial charge in [-0.05, 0) is 52.8 Å². The van der Waals surface area contributed by atoms with Crippen LogP contribution in [0.1, 0.15) is 53.9 Å². The summed E-state index contributed by atoms with van der Waals surface area (Å²) in [6, 6.07) is 24.0. The number of aromatic nitrogens is 2. The number of aliphatic hydroxyl groups is 1. The fourth-order valence-corrected chi connectivity index (χ4v) is 7.35. The molecule has 3 fully saturated rings. The molecule has 4 unspecified atom stereocenters. The molecule has 11 nitrogen and oxygen atoms in total. The van der Waals surface area contributed by atoms with Crippen molar-refractivity contribution in [2.45, 2.75) is 63.1 Å². The zero-order chi connectivity index (χ0) is 37.7. The maximum Gasteiger partial charge on any atom is 0.471 e. The van der Waals surface area contributed by atoms with Gasteiger partial charge >= 0.3 is 12.1 Å². The number of amides is 2. The molecular formula is C40H43F3N6O5. The third kappa shape index (κ3) is 8.90. The first kappa shape index (κ1) is 37.4. The summed E-state index contributed by atoms with van der Waals surface area (Å²) >= 11 is 0. The molecule has 4 heterocycles. The summed E-state index contributed by atoms with van der Waals surface area (Å²) in [6.07, 6.45) is -1.22. The number of aliphatic hydroxyl groups excluding tert-OH is 1. The Bertz CT molecular complexity index is 1870. The topological polar surface area (TPSA) is 120 Å². The van der Waals surface area contributed by atoms with E-state index < -0.39 is 30.3 Å². The Balaban J connectivity index is 1.00. The largest absolute Gasteiger partial charge is 0.471 e. The van der Waals surface area contributed by atoms with Gasteiger partial charge < -0.3 is 29.7 Å². The molecule has 2 amide bonds. The van der Waals surface area contributed by atoms with Crippen LogP contribution in [0.3, 0.4) is 0 Å². The monoisotopic (exact) mass is 744 g/mol. The molecule has 14 heteroatoms. The fourth-order valence-electron chi connectivity index (χ4n) is 7.35. The highest BCUT2D eigenvalue weighted by molar-refractivity contribution is 5.90. The van der Waals surface area contributed by atoms with E-state index in [0.717, 1.165) is 72.1 Å². The summed E-state index contributed by atoms with van der Waals surface area (Å²) < 4.78 is 52.3. The molecule has 3 aromatic carbocycles. The molecule has 7 rings (SSSR count). The lowest BCUT2D eigenvalue weighted by atomic mass is 9.98. The number of carbonyl (C=O) groups is 2. The molecule has 4 atom stereocenters. The Morgan fingerprint density at radius 1 is 0.833 bits per heavy atom. The van der Waals surface area contributed by atoms with Crippen LogP contribution in [0.4, 0.5) is 19.1 Å². The van der Waals surface area contributed by atoms with Gasteiger partial charge in [0, 0.05) is 70.2 Å². The van der Waals surface area contributed by atoms with Gasteiger partial charge in [-0.25, -0.2) is 9.97 Å². The third-order valence-corrected chi connectivity index (χ3v) is 10.3. The summed E-state index contributed by atoms with van der Waals surface area (Å²) in [6.45, 7) is 4.07. The molecule has 1 aromatic heterocycles. The number of nitrogens with zero attached hydrogens (tertiary/aromatic N) is 5. The first-order valence-electron chi connectivity index (χ1n) is 18.2. The van der Waals surface area contributed by atoms with Crippen molar-refractivity contribution in [1.82, 2.24) is 25.1 Å². The third-order valence-electron chi connectivity index (χ3n) is 10.3. The number of halogens is 3. The van der Waals surface area contributed by atoms with E-state index in [0.29, 0.717) is 17.7 Å². The lowest BCUT2D eigenvalue weighted by Gasteiger charge is -2.40. The molecule has 284 valence electrons. The van der Waals surface area contributed by atoms with Crippen LogP contribution >= 0.6 is 0 Å². The first-order chi connectivity index (χ1) is 26.1. The number of anilines is 1. The molecule has 0 aliphatic carbocycles. The number of rotatable bonds is 10. The molecule has 3 aliphatic heterocycles. The maximum absolute atomic E-state index is 13.0. The van der Waals surface area contributed by atoms with Gasteiger partial charge in [-0.15, -0.1) is 0 Å². The standard InChI is InChI=1S/C40H43F3N6O5/c41-40(42,43)38(52)49-17-2-6-34(49)36(51)46-24-28-4-1-5-32(22-28)29-11-13-31(14-12-29)37-53-33(23-35(54-37)30-9-7-27(26-50)8-10-30)25-47-18-20-48(21-19-47)39-44-15-3-16-45-39/h1,3-5,7-16,22,33-35,37,50H,2,6,17-21,23-26H2,(H,46,51). The van der Waals surface area contributed by atoms with Crippen molar-refractivity contribution in [2.24, 2.45) is 0 Å². The minimum atomic E-state index is -5.02. The van der Waals surface area contributed by atoms with Crippen LogP contribution in [-0.4, -0.2) is 94.3 Å². The average Bonchev–Trinajstić information content (AvgIpc) is 3.70. The van der Waals surface area contributed by atoms with E-state index in [2.05, 4.69) is 25.1 Å². The van der Waals surface area contributed by atoms with Gasteiger partial charge in [0.2, 0.25) is 11.9 Å². The number of benzene rings is 3. The second kappa shape index (κ2) is 16.6. The molecule has 54 heavy (non-hydrogen) atoms. The second-order valence-corrected chi connectivity index (χ2v) is 13.9. The number of hydrogen-bond acceptors (Lipinski definition) is 9. The highest BCUT2D eigenvalue weighted by atomic mass is 19.4. The van der Waals surface area contributed by atoms with Crippen LogP contribution in [0.2, 0.25) is 0 Å². The summed E-state index contributed by atoms with van der Waals surface area (Å²) in [7, 11) is 0. The highest BCUT2D eigenvalue weighted by Gasteiger charge is 2.47. The Morgan fingerprint density at radius 2 is 1.56 bits per heavy atom. The number of alkyl halides is 3. The molecule has 3 saturated heterocycles. The Morgan fingerprint density at radius 3 is 2.26 bits per heavy atom. The SMILES string of the molecule is O=C(NCc1cccc(-c2ccc(C3OC(CN4CCN(c5ncccn5)CC4)CC(c4ccc(CO)cc4)O3)cc2)c1)C1CCCN1C(=O)C(F)(F)F. The average molecular weight is 745 g/mol.